The van der Waals surface area contributed by atoms with Crippen molar-refractivity contribution in [3.8, 4) is 22.6 Å². The summed E-state index contributed by atoms with van der Waals surface area (Å²) in [7, 11) is 2.15. The molecule has 1 aliphatic heterocycles. The van der Waals surface area contributed by atoms with Crippen molar-refractivity contribution in [2.75, 3.05) is 11.9 Å². The standard InChI is InChI=1S/C26H27NO/c1-6-16(2)17-11-9-13-21-24(17)28-25-22(27(21)5)15-14-20-23(25)18-10-7-8-12-19(18)26(20,3)4/h7-16H,6H2,1-5H3. The minimum absolute atomic E-state index is 0.0145. The number of fused-ring (bicyclic) bond motifs is 6. The normalized spacial score (nSPS) is 16.5. The molecular formula is C26H27NO. The number of para-hydroxylation sites is 1. The fourth-order valence-electron chi connectivity index (χ4n) is 4.88. The first-order valence-electron chi connectivity index (χ1n) is 10.3. The third-order valence-electron chi connectivity index (χ3n) is 6.77. The third kappa shape index (κ3) is 2.15. The van der Waals surface area contributed by atoms with Gasteiger partial charge in [-0.15, -0.1) is 0 Å². The molecule has 0 saturated heterocycles. The van der Waals surface area contributed by atoms with Crippen LogP contribution in [0.15, 0.2) is 54.6 Å². The number of rotatable bonds is 2. The van der Waals surface area contributed by atoms with Crippen molar-refractivity contribution in [1.82, 2.24) is 0 Å². The third-order valence-corrected chi connectivity index (χ3v) is 6.77. The molecule has 28 heavy (non-hydrogen) atoms. The minimum Gasteiger partial charge on any atom is -0.452 e. The van der Waals surface area contributed by atoms with E-state index in [-0.39, 0.29) is 5.41 Å². The number of anilines is 2. The molecule has 5 rings (SSSR count). The zero-order valence-corrected chi connectivity index (χ0v) is 17.3. The molecule has 142 valence electrons. The van der Waals surface area contributed by atoms with Crippen molar-refractivity contribution >= 4 is 11.4 Å². The monoisotopic (exact) mass is 369 g/mol. The molecule has 0 saturated carbocycles. The molecule has 0 bridgehead atoms. The first-order valence-corrected chi connectivity index (χ1v) is 10.3. The number of hydrogen-bond acceptors (Lipinski definition) is 2. The van der Waals surface area contributed by atoms with E-state index in [4.69, 9.17) is 4.74 Å². The fourth-order valence-corrected chi connectivity index (χ4v) is 4.88. The maximum atomic E-state index is 6.75. The van der Waals surface area contributed by atoms with E-state index in [0.717, 1.165) is 29.3 Å². The smallest absolute Gasteiger partial charge is 0.159 e. The molecule has 2 nitrogen and oxygen atoms in total. The average molecular weight is 370 g/mol. The van der Waals surface area contributed by atoms with E-state index < -0.39 is 0 Å². The van der Waals surface area contributed by atoms with Crippen molar-refractivity contribution in [2.24, 2.45) is 0 Å². The molecule has 0 aromatic heterocycles. The van der Waals surface area contributed by atoms with E-state index >= 15 is 0 Å². The maximum absolute atomic E-state index is 6.75. The molecule has 0 N–H and O–H groups in total. The highest BCUT2D eigenvalue weighted by atomic mass is 16.5. The van der Waals surface area contributed by atoms with E-state index in [1.165, 1.54) is 27.8 Å². The van der Waals surface area contributed by atoms with E-state index in [1.54, 1.807) is 0 Å². The lowest BCUT2D eigenvalue weighted by Crippen LogP contribution is -2.19. The van der Waals surface area contributed by atoms with Gasteiger partial charge in [0.15, 0.2) is 11.5 Å². The summed E-state index contributed by atoms with van der Waals surface area (Å²) in [5.74, 6) is 2.48. The van der Waals surface area contributed by atoms with Crippen LogP contribution in [-0.4, -0.2) is 7.05 Å². The van der Waals surface area contributed by atoms with Crippen molar-refractivity contribution < 1.29 is 4.74 Å². The van der Waals surface area contributed by atoms with Gasteiger partial charge in [0.1, 0.15) is 0 Å². The van der Waals surface area contributed by atoms with Crippen molar-refractivity contribution in [3.05, 3.63) is 71.3 Å². The SMILES string of the molecule is CCC(C)c1cccc2c1Oc1c(ccc3c1-c1ccccc1C3(C)C)N2C. The number of ether oxygens (including phenoxy) is 1. The summed E-state index contributed by atoms with van der Waals surface area (Å²) >= 11 is 0. The number of hydrogen-bond donors (Lipinski definition) is 0. The van der Waals surface area contributed by atoms with Gasteiger partial charge in [-0.1, -0.05) is 70.2 Å². The van der Waals surface area contributed by atoms with Crippen LogP contribution in [0.3, 0.4) is 0 Å². The van der Waals surface area contributed by atoms with Crippen molar-refractivity contribution in [1.29, 1.82) is 0 Å². The Bertz CT molecular complexity index is 1100. The first-order chi connectivity index (χ1) is 13.4. The summed E-state index contributed by atoms with van der Waals surface area (Å²) in [5, 5.41) is 0. The van der Waals surface area contributed by atoms with Gasteiger partial charge >= 0.3 is 0 Å². The molecule has 2 aliphatic rings. The predicted molar refractivity (Wildman–Crippen MR) is 117 cm³/mol. The summed E-state index contributed by atoms with van der Waals surface area (Å²) in [4.78, 5) is 2.29. The summed E-state index contributed by atoms with van der Waals surface area (Å²) < 4.78 is 6.75. The Kier molecular flexibility index (Phi) is 3.64. The van der Waals surface area contributed by atoms with Gasteiger partial charge < -0.3 is 9.64 Å². The van der Waals surface area contributed by atoms with E-state index in [1.807, 2.05) is 0 Å². The lowest BCUT2D eigenvalue weighted by atomic mass is 9.82. The molecule has 1 unspecified atom stereocenters. The maximum Gasteiger partial charge on any atom is 0.159 e. The zero-order chi connectivity index (χ0) is 19.6. The van der Waals surface area contributed by atoms with Gasteiger partial charge in [0.25, 0.3) is 0 Å². The Morgan fingerprint density at radius 2 is 1.64 bits per heavy atom. The molecule has 0 amide bonds. The van der Waals surface area contributed by atoms with Gasteiger partial charge in [0.2, 0.25) is 0 Å². The van der Waals surface area contributed by atoms with Crippen LogP contribution in [0, 0.1) is 0 Å². The van der Waals surface area contributed by atoms with Gasteiger partial charge in [-0.05, 0) is 46.7 Å². The minimum atomic E-state index is -0.0145. The second kappa shape index (κ2) is 5.88. The largest absolute Gasteiger partial charge is 0.452 e. The lowest BCUT2D eigenvalue weighted by Gasteiger charge is -2.33. The Labute approximate surface area is 167 Å². The van der Waals surface area contributed by atoms with Crippen molar-refractivity contribution in [3.63, 3.8) is 0 Å². The molecule has 0 fully saturated rings. The predicted octanol–water partition coefficient (Wildman–Crippen LogP) is 7.38. The number of nitrogens with zero attached hydrogens (tertiary/aromatic N) is 1. The van der Waals surface area contributed by atoms with Crippen LogP contribution in [-0.2, 0) is 5.41 Å². The topological polar surface area (TPSA) is 12.5 Å². The summed E-state index contributed by atoms with van der Waals surface area (Å²) in [5.41, 5.74) is 8.86. The first kappa shape index (κ1) is 17.4. The van der Waals surface area contributed by atoms with Crippen LogP contribution >= 0.6 is 0 Å². The quantitative estimate of drug-likeness (QED) is 0.467. The average Bonchev–Trinajstić information content (AvgIpc) is 2.95. The van der Waals surface area contributed by atoms with E-state index in [2.05, 4.69) is 94.2 Å². The molecule has 2 heteroatoms. The van der Waals surface area contributed by atoms with Crippen molar-refractivity contribution in [2.45, 2.75) is 45.4 Å². The zero-order valence-electron chi connectivity index (χ0n) is 17.3. The molecule has 3 aromatic carbocycles. The van der Waals surface area contributed by atoms with Gasteiger partial charge in [-0.3, -0.25) is 0 Å². The van der Waals surface area contributed by atoms with Gasteiger partial charge in [-0.25, -0.2) is 0 Å². The second-order valence-electron chi connectivity index (χ2n) is 8.67. The van der Waals surface area contributed by atoms with Crippen LogP contribution in [0.2, 0.25) is 0 Å². The van der Waals surface area contributed by atoms with Gasteiger partial charge in [-0.2, -0.15) is 0 Å². The Hall–Kier alpha value is -2.74. The van der Waals surface area contributed by atoms with Crippen LogP contribution in [0.25, 0.3) is 11.1 Å². The summed E-state index contributed by atoms with van der Waals surface area (Å²) in [6.07, 6.45) is 1.10. The molecule has 1 heterocycles. The molecule has 0 radical (unpaired) electrons. The van der Waals surface area contributed by atoms with Crippen LogP contribution in [0.1, 0.15) is 56.7 Å². The Morgan fingerprint density at radius 3 is 2.43 bits per heavy atom. The van der Waals surface area contributed by atoms with E-state index in [0.29, 0.717) is 5.92 Å². The Morgan fingerprint density at radius 1 is 0.893 bits per heavy atom. The fraction of sp³-hybridized carbons (Fsp3) is 0.308. The second-order valence-corrected chi connectivity index (χ2v) is 8.67. The highest BCUT2D eigenvalue weighted by Crippen LogP contribution is 2.59. The molecule has 3 aromatic rings. The molecule has 1 atom stereocenters. The summed E-state index contributed by atoms with van der Waals surface area (Å²) in [6.45, 7) is 9.15. The van der Waals surface area contributed by atoms with Crippen LogP contribution in [0.5, 0.6) is 11.5 Å². The molecule has 1 aliphatic carbocycles. The highest BCUT2D eigenvalue weighted by molar-refractivity contribution is 5.93. The van der Waals surface area contributed by atoms with E-state index in [9.17, 15) is 0 Å². The molecular weight excluding hydrogens is 342 g/mol. The molecule has 0 spiro atoms. The highest BCUT2D eigenvalue weighted by Gasteiger charge is 2.40. The lowest BCUT2D eigenvalue weighted by molar-refractivity contribution is 0.464. The number of benzene rings is 3. The van der Waals surface area contributed by atoms with Gasteiger partial charge in [0, 0.05) is 18.0 Å². The Balaban J connectivity index is 1.78. The van der Waals surface area contributed by atoms with Crippen LogP contribution in [0.4, 0.5) is 11.4 Å². The van der Waals surface area contributed by atoms with Gasteiger partial charge in [0.05, 0.1) is 11.4 Å². The van der Waals surface area contributed by atoms with Crippen LogP contribution < -0.4 is 9.64 Å². The summed E-state index contributed by atoms with van der Waals surface area (Å²) in [6, 6.07) is 19.8.